The van der Waals surface area contributed by atoms with E-state index in [2.05, 4.69) is 40.9 Å². The predicted molar refractivity (Wildman–Crippen MR) is 438 cm³/mol. The molecule has 12 rings (SSSR count). The lowest BCUT2D eigenvalue weighted by molar-refractivity contribution is -0.145. The molecule has 4 saturated carbocycles. The van der Waals surface area contributed by atoms with Crippen molar-refractivity contribution in [2.45, 2.75) is 291 Å². The number of benzene rings is 2. The van der Waals surface area contributed by atoms with Crippen molar-refractivity contribution in [3.8, 4) is 0 Å². The maximum atomic E-state index is 15.1. The van der Waals surface area contributed by atoms with Gasteiger partial charge in [-0.1, -0.05) is 193 Å². The highest BCUT2D eigenvalue weighted by Gasteiger charge is 2.58. The average Bonchev–Trinajstić information content (AvgIpc) is 1.61. The summed E-state index contributed by atoms with van der Waals surface area (Å²) in [6.07, 6.45) is 25.2. The first-order valence-corrected chi connectivity index (χ1v) is 41.7. The molecule has 1 unspecified atom stereocenters. The fourth-order valence-corrected chi connectivity index (χ4v) is 18.0. The normalized spacial score (nSPS) is 22.7. The molecule has 2 saturated heterocycles. The van der Waals surface area contributed by atoms with Crippen LogP contribution in [0.3, 0.4) is 0 Å². The molecule has 115 heavy (non-hydrogen) atoms. The van der Waals surface area contributed by atoms with Crippen molar-refractivity contribution in [3.63, 3.8) is 0 Å². The van der Waals surface area contributed by atoms with E-state index in [1.165, 1.54) is 49.2 Å². The van der Waals surface area contributed by atoms with E-state index >= 15 is 9.59 Å². The molecule has 2 aromatic carbocycles. The van der Waals surface area contributed by atoms with Crippen LogP contribution < -0.4 is 10.6 Å². The van der Waals surface area contributed by atoms with Gasteiger partial charge in [0.15, 0.2) is 45.9 Å². The summed E-state index contributed by atoms with van der Waals surface area (Å²) in [6, 6.07) is 15.4. The van der Waals surface area contributed by atoms with Crippen molar-refractivity contribution in [1.29, 1.82) is 0 Å². The summed E-state index contributed by atoms with van der Waals surface area (Å²) in [7, 11) is 1.54. The maximum Gasteiger partial charge on any atom is 0.246 e. The Morgan fingerprint density at radius 2 is 0.948 bits per heavy atom. The molecule has 4 aromatic rings. The minimum absolute atomic E-state index is 0. The van der Waals surface area contributed by atoms with Gasteiger partial charge in [-0.3, -0.25) is 62.7 Å². The SMILES string of the molecule is C.C.CCC[C@H](CC(=O)[C@@H]1C[C@]2(CC(c3ccccc3)=NO2)CN1C(=O)[C@@H](NC(=O)[C@@H](CC(=O)c1cnccn1)C1CCCCC1)C(C)(C)C)C(=O)C(=O)CC1CC1.CCC[C@H](CC(=O)[C@@H]1C[C@]2(CC(c3ccccc3)=NO2)CN1C(=O)[C@@H](NC(=O)[C@@H](CC(=O)c1cnccn1)C1CCCCC1)C(C)(C)C)C(OC)C(=O)CC1CC1. The van der Waals surface area contributed by atoms with Crippen LogP contribution in [-0.2, 0) is 57.6 Å². The molecule has 624 valence electrons. The first kappa shape index (κ1) is 90.0. The quantitative estimate of drug-likeness (QED) is 0.0319. The van der Waals surface area contributed by atoms with Gasteiger partial charge in [-0.05, 0) is 116 Å². The molecule has 4 aliphatic heterocycles. The van der Waals surface area contributed by atoms with Crippen molar-refractivity contribution in [2.24, 2.45) is 68.5 Å². The van der Waals surface area contributed by atoms with Crippen LogP contribution in [0, 0.1) is 58.2 Å². The second-order valence-corrected chi connectivity index (χ2v) is 35.7. The van der Waals surface area contributed by atoms with Gasteiger partial charge in [-0.2, -0.15) is 0 Å². The zero-order valence-corrected chi connectivity index (χ0v) is 67.7. The standard InChI is InChI=1S/C45H61N5O7.C44H57N5O7.2CH4/c1-6-13-32(40(56-5)39(53)22-29-18-19-29)23-38(52)36-26-45(25-34(49-57-45)31-16-11-8-12-17-31)28-50(36)43(55)41(44(2,3)4)48-42(54)33(30-14-9-7-10-15-30)24-37(51)35-27-46-20-21-47-35;1-5-12-31(39(53)38(52)21-28-17-18-28)22-37(51)35-25-44(24-33(48-56-44)30-15-10-7-11-16-30)27-49(35)42(55)40(43(2,3)4)47-41(54)32(29-13-8-6-9-14-29)23-36(50)34-26-45-19-20-46-34;;/h8,11-12,16-17,20-21,27,29-30,32-33,36,40-41H,6-7,9-10,13-15,18-19,22-26,28H2,1-5H3,(H,48,54);7,10-11,15-16,19-20,26,28-29,31-32,35,40H,5-6,8-9,12-14,17-18,21-25,27H2,1-4H3,(H,47,54);2*1H4/t32-,33+,36+,40?,41-,45-;31-,32+,35+,40-,44-;;/m11../s1. The molecule has 6 heterocycles. The highest BCUT2D eigenvalue weighted by molar-refractivity contribution is 6.38. The van der Waals surface area contributed by atoms with Crippen LogP contribution >= 0.6 is 0 Å². The summed E-state index contributed by atoms with van der Waals surface area (Å²) < 4.78 is 5.80. The van der Waals surface area contributed by atoms with Gasteiger partial charge in [-0.25, -0.2) is 9.97 Å². The summed E-state index contributed by atoms with van der Waals surface area (Å²) in [5.41, 5.74) is 0.155. The molecule has 0 bridgehead atoms. The monoisotopic (exact) mass is 1580 g/mol. The molecule has 2 spiro atoms. The summed E-state index contributed by atoms with van der Waals surface area (Å²) >= 11 is 0. The van der Waals surface area contributed by atoms with Crippen LogP contribution in [0.25, 0.3) is 0 Å². The average molecular weight is 1580 g/mol. The lowest BCUT2D eigenvalue weighted by Gasteiger charge is -2.37. The minimum atomic E-state index is -1.05. The molecule has 8 aliphatic rings. The van der Waals surface area contributed by atoms with Crippen molar-refractivity contribution >= 4 is 75.5 Å². The van der Waals surface area contributed by atoms with Crippen molar-refractivity contribution in [3.05, 3.63) is 120 Å². The van der Waals surface area contributed by atoms with Crippen LogP contribution in [0.4, 0.5) is 0 Å². The van der Waals surface area contributed by atoms with Gasteiger partial charge in [0.25, 0.3) is 0 Å². The van der Waals surface area contributed by atoms with E-state index < -0.39 is 87.5 Å². The number of amides is 4. The third kappa shape index (κ3) is 23.3. The van der Waals surface area contributed by atoms with E-state index in [0.717, 1.165) is 113 Å². The fraction of sp³-hybridized carbons (Fsp3) is 0.637. The third-order valence-electron chi connectivity index (χ3n) is 24.6. The predicted octanol–water partition coefficient (Wildman–Crippen LogP) is 14.2. The van der Waals surface area contributed by atoms with E-state index in [9.17, 15) is 43.2 Å². The van der Waals surface area contributed by atoms with Crippen LogP contribution in [0.1, 0.15) is 282 Å². The lowest BCUT2D eigenvalue weighted by Crippen LogP contribution is -2.58. The summed E-state index contributed by atoms with van der Waals surface area (Å²) in [6.45, 7) is 15.4. The lowest BCUT2D eigenvalue weighted by atomic mass is 9.76. The second-order valence-electron chi connectivity index (χ2n) is 35.7. The number of Topliss-reactive ketones (excluding diaryl/α,β-unsaturated/α-hetero) is 7. The molecule has 2 aromatic heterocycles. The summed E-state index contributed by atoms with van der Waals surface area (Å²) in [5, 5.41) is 15.1. The minimum Gasteiger partial charge on any atom is -0.387 e. The first-order chi connectivity index (χ1) is 54.1. The largest absolute Gasteiger partial charge is 0.387 e. The van der Waals surface area contributed by atoms with Crippen LogP contribution in [0.5, 0.6) is 0 Å². The molecule has 6 fully saturated rings. The van der Waals surface area contributed by atoms with E-state index in [1.807, 2.05) is 116 Å². The number of methoxy groups -OCH3 is 1. The van der Waals surface area contributed by atoms with Gasteiger partial charge < -0.3 is 34.8 Å². The molecular weight excluding hydrogens is 1460 g/mol. The number of likely N-dealkylation sites (tertiary alicyclic amines) is 2. The molecule has 11 atom stereocenters. The Bertz CT molecular complexity index is 4090. The van der Waals surface area contributed by atoms with Gasteiger partial charge >= 0.3 is 0 Å². The molecule has 24 heteroatoms. The maximum absolute atomic E-state index is 15.1. The smallest absolute Gasteiger partial charge is 0.246 e. The van der Waals surface area contributed by atoms with Crippen LogP contribution in [0.15, 0.2) is 108 Å². The number of hydrogen-bond acceptors (Lipinski definition) is 20. The fourth-order valence-electron chi connectivity index (χ4n) is 18.0. The first-order valence-electron chi connectivity index (χ1n) is 41.7. The van der Waals surface area contributed by atoms with Crippen molar-refractivity contribution in [2.75, 3.05) is 20.2 Å². The Morgan fingerprint density at radius 3 is 1.33 bits per heavy atom. The zero-order valence-electron chi connectivity index (χ0n) is 67.7. The number of ketones is 7. The molecule has 4 amide bonds. The second kappa shape index (κ2) is 40.3. The highest BCUT2D eigenvalue weighted by Crippen LogP contribution is 2.45. The molecule has 0 radical (unpaired) electrons. The van der Waals surface area contributed by atoms with Crippen molar-refractivity contribution in [1.82, 2.24) is 40.4 Å². The number of rotatable bonds is 35. The third-order valence-corrected chi connectivity index (χ3v) is 24.6. The Labute approximate surface area is 680 Å². The zero-order chi connectivity index (χ0) is 80.8. The van der Waals surface area contributed by atoms with Gasteiger partial charge in [0.05, 0.1) is 49.0 Å². The topological polar surface area (TPSA) is 322 Å². The number of hydrogen-bond donors (Lipinski definition) is 2. The van der Waals surface area contributed by atoms with Crippen molar-refractivity contribution < 1.29 is 67.2 Å². The van der Waals surface area contributed by atoms with E-state index in [1.54, 1.807) is 4.90 Å². The van der Waals surface area contributed by atoms with Gasteiger partial charge in [0, 0.05) is 114 Å². The number of nitrogens with zero attached hydrogens (tertiary/aromatic N) is 8. The molecule has 24 nitrogen and oxygen atoms in total. The number of nitrogens with one attached hydrogen (secondary N) is 2. The number of oxime groups is 2. The number of aromatic nitrogens is 4. The molecule has 2 N–H and O–H groups in total. The molecular formula is C91H126N10O14. The number of ether oxygens (including phenoxy) is 1. The summed E-state index contributed by atoms with van der Waals surface area (Å²) in [4.78, 5) is 187. The van der Waals surface area contributed by atoms with E-state index in [0.29, 0.717) is 50.2 Å². The van der Waals surface area contributed by atoms with Gasteiger partial charge in [0.1, 0.15) is 29.6 Å². The van der Waals surface area contributed by atoms with E-state index in [4.69, 9.17) is 14.4 Å². The van der Waals surface area contributed by atoms with Gasteiger partial charge in [-0.15, -0.1) is 0 Å². The molecule has 4 aliphatic carbocycles. The Hall–Kier alpha value is -8.93. The Morgan fingerprint density at radius 1 is 0.530 bits per heavy atom. The number of carbonyl (C=O) groups excluding carboxylic acids is 11. The summed E-state index contributed by atoms with van der Waals surface area (Å²) in [5.74, 6) is -5.35. The Kier molecular flexibility index (Phi) is 31.5. The Balaban J connectivity index is 0.000000259. The number of carbonyl (C=O) groups is 11. The van der Waals surface area contributed by atoms with Crippen LogP contribution in [-0.4, -0.2) is 167 Å². The van der Waals surface area contributed by atoms with Crippen LogP contribution in [0.2, 0.25) is 0 Å². The van der Waals surface area contributed by atoms with Gasteiger partial charge in [0.2, 0.25) is 29.4 Å². The van der Waals surface area contributed by atoms with E-state index in [-0.39, 0.29) is 155 Å². The highest BCUT2D eigenvalue weighted by atomic mass is 16.7.